The van der Waals surface area contributed by atoms with Gasteiger partial charge >= 0.3 is 0 Å². The van der Waals surface area contributed by atoms with Crippen molar-refractivity contribution in [3.63, 3.8) is 0 Å². The van der Waals surface area contributed by atoms with Crippen molar-refractivity contribution in [1.29, 1.82) is 0 Å². The van der Waals surface area contributed by atoms with Crippen LogP contribution < -0.4 is 5.32 Å². The van der Waals surface area contributed by atoms with Crippen LogP contribution in [-0.2, 0) is 9.53 Å². The molecule has 0 aliphatic rings. The summed E-state index contributed by atoms with van der Waals surface area (Å²) in [4.78, 5) is 11.1. The van der Waals surface area contributed by atoms with Gasteiger partial charge in [-0.25, -0.2) is 0 Å². The molecule has 0 amide bonds. The van der Waals surface area contributed by atoms with E-state index in [0.29, 0.717) is 19.7 Å². The molecule has 0 aliphatic heterocycles. The maximum Gasteiger partial charge on any atom is 0.172 e. The van der Waals surface area contributed by atoms with Gasteiger partial charge in [0.15, 0.2) is 5.78 Å². The Morgan fingerprint density at radius 1 is 1.50 bits per heavy atom. The number of nitrogens with one attached hydrogen (secondary N) is 1. The fraction of sp³-hybridized carbons (Fsp3) is 0.727. The molecule has 3 nitrogen and oxygen atoms in total. The summed E-state index contributed by atoms with van der Waals surface area (Å²) in [5, 5.41) is 2.94. The number of Topliss-reactive ketones (excluding diaryl/α,β-unsaturated/α-hetero) is 1. The van der Waals surface area contributed by atoms with Crippen molar-refractivity contribution in [2.45, 2.75) is 26.2 Å². The lowest BCUT2D eigenvalue weighted by Crippen LogP contribution is -2.26. The van der Waals surface area contributed by atoms with E-state index in [4.69, 9.17) is 4.74 Å². The highest BCUT2D eigenvalue weighted by Crippen LogP contribution is 1.93. The summed E-state index contributed by atoms with van der Waals surface area (Å²) in [6.07, 6.45) is 5.13. The Balaban J connectivity index is 3.14. The number of rotatable bonds is 10. The molecular weight excluding hydrogens is 178 g/mol. The predicted octanol–water partition coefficient (Wildman–Crippen LogP) is 1.54. The van der Waals surface area contributed by atoms with Crippen molar-refractivity contribution in [2.24, 2.45) is 0 Å². The lowest BCUT2D eigenvalue weighted by atomic mass is 10.3. The average Bonchev–Trinajstić information content (AvgIpc) is 2.18. The topological polar surface area (TPSA) is 38.3 Å². The number of ketones is 1. The molecule has 0 aromatic heterocycles. The molecule has 0 aromatic rings. The minimum Gasteiger partial charge on any atom is -0.374 e. The van der Waals surface area contributed by atoms with E-state index < -0.39 is 0 Å². The second-order valence-electron chi connectivity index (χ2n) is 3.22. The van der Waals surface area contributed by atoms with Crippen molar-refractivity contribution in [3.05, 3.63) is 12.7 Å². The van der Waals surface area contributed by atoms with E-state index in [0.717, 1.165) is 6.42 Å². The fourth-order valence-electron chi connectivity index (χ4n) is 1.00. The van der Waals surface area contributed by atoms with Gasteiger partial charge in [0.2, 0.25) is 0 Å². The SMILES string of the molecule is C=CCNCC(=O)COCCCCC. The summed E-state index contributed by atoms with van der Waals surface area (Å²) in [6.45, 7) is 7.66. The molecule has 0 unspecified atom stereocenters. The first-order valence-corrected chi connectivity index (χ1v) is 5.22. The van der Waals surface area contributed by atoms with Gasteiger partial charge in [-0.3, -0.25) is 4.79 Å². The van der Waals surface area contributed by atoms with Gasteiger partial charge in [0.05, 0.1) is 6.54 Å². The van der Waals surface area contributed by atoms with E-state index in [9.17, 15) is 4.79 Å². The van der Waals surface area contributed by atoms with Crippen LogP contribution in [0.2, 0.25) is 0 Å². The van der Waals surface area contributed by atoms with Crippen molar-refractivity contribution in [2.75, 3.05) is 26.3 Å². The predicted molar refractivity (Wildman–Crippen MR) is 58.4 cm³/mol. The van der Waals surface area contributed by atoms with Gasteiger partial charge < -0.3 is 10.1 Å². The standard InChI is InChI=1S/C11H21NO2/c1-3-5-6-8-14-10-11(13)9-12-7-4-2/h4,12H,2-3,5-10H2,1H3. The molecule has 0 fully saturated rings. The van der Waals surface area contributed by atoms with Crippen LogP contribution in [0.15, 0.2) is 12.7 Å². The largest absolute Gasteiger partial charge is 0.374 e. The molecule has 14 heavy (non-hydrogen) atoms. The quantitative estimate of drug-likeness (QED) is 0.428. The lowest BCUT2D eigenvalue weighted by Gasteiger charge is -2.03. The van der Waals surface area contributed by atoms with Crippen LogP contribution >= 0.6 is 0 Å². The highest BCUT2D eigenvalue weighted by atomic mass is 16.5. The van der Waals surface area contributed by atoms with Crippen molar-refractivity contribution < 1.29 is 9.53 Å². The van der Waals surface area contributed by atoms with Crippen molar-refractivity contribution in [1.82, 2.24) is 5.32 Å². The third kappa shape index (κ3) is 9.42. The highest BCUT2D eigenvalue weighted by molar-refractivity contribution is 5.81. The van der Waals surface area contributed by atoms with Gasteiger partial charge in [0.25, 0.3) is 0 Å². The minimum absolute atomic E-state index is 0.100. The van der Waals surface area contributed by atoms with Crippen LogP contribution in [0.3, 0.4) is 0 Å². The van der Waals surface area contributed by atoms with E-state index in [-0.39, 0.29) is 12.4 Å². The second kappa shape index (κ2) is 10.4. The number of carbonyl (C=O) groups excluding carboxylic acids is 1. The molecule has 82 valence electrons. The summed E-state index contributed by atoms with van der Waals surface area (Å²) in [5.74, 6) is 0.100. The van der Waals surface area contributed by atoms with Crippen LogP contribution in [0.25, 0.3) is 0 Å². The summed E-state index contributed by atoms with van der Waals surface area (Å²) in [5.41, 5.74) is 0. The molecule has 3 heteroatoms. The van der Waals surface area contributed by atoms with Crippen molar-refractivity contribution >= 4 is 5.78 Å². The molecule has 0 saturated carbocycles. The van der Waals surface area contributed by atoms with E-state index >= 15 is 0 Å². The third-order valence-corrected chi connectivity index (χ3v) is 1.77. The van der Waals surface area contributed by atoms with Gasteiger partial charge in [0.1, 0.15) is 6.61 Å². The maximum absolute atomic E-state index is 11.1. The van der Waals surface area contributed by atoms with E-state index in [1.165, 1.54) is 12.8 Å². The van der Waals surface area contributed by atoms with E-state index in [2.05, 4.69) is 18.8 Å². The number of ether oxygens (including phenoxy) is 1. The van der Waals surface area contributed by atoms with Gasteiger partial charge in [0, 0.05) is 13.2 Å². The average molecular weight is 199 g/mol. The monoisotopic (exact) mass is 199 g/mol. The number of unbranched alkanes of at least 4 members (excludes halogenated alkanes) is 2. The first-order valence-electron chi connectivity index (χ1n) is 5.22. The summed E-state index contributed by atoms with van der Waals surface area (Å²) in [6, 6.07) is 0. The number of carbonyl (C=O) groups is 1. The van der Waals surface area contributed by atoms with Crippen molar-refractivity contribution in [3.8, 4) is 0 Å². The molecule has 0 rings (SSSR count). The Labute approximate surface area is 86.5 Å². The van der Waals surface area contributed by atoms with E-state index in [1.54, 1.807) is 6.08 Å². The first-order chi connectivity index (χ1) is 6.81. The minimum atomic E-state index is 0.100. The molecule has 1 N–H and O–H groups in total. The number of hydrogen-bond acceptors (Lipinski definition) is 3. The lowest BCUT2D eigenvalue weighted by molar-refractivity contribution is -0.122. The van der Waals surface area contributed by atoms with Gasteiger partial charge in [-0.1, -0.05) is 25.8 Å². The van der Waals surface area contributed by atoms with Gasteiger partial charge in [-0.2, -0.15) is 0 Å². The molecule has 0 aliphatic carbocycles. The van der Waals surface area contributed by atoms with Crippen LogP contribution in [0.1, 0.15) is 26.2 Å². The fourth-order valence-corrected chi connectivity index (χ4v) is 1.00. The molecule has 0 atom stereocenters. The number of hydrogen-bond donors (Lipinski definition) is 1. The normalized spacial score (nSPS) is 10.1. The van der Waals surface area contributed by atoms with E-state index in [1.807, 2.05) is 0 Å². The van der Waals surface area contributed by atoms with Crippen LogP contribution in [-0.4, -0.2) is 32.1 Å². The molecule has 0 heterocycles. The Kier molecular flexibility index (Phi) is 9.91. The highest BCUT2D eigenvalue weighted by Gasteiger charge is 1.99. The summed E-state index contributed by atoms with van der Waals surface area (Å²) in [7, 11) is 0. The Morgan fingerprint density at radius 3 is 2.93 bits per heavy atom. The zero-order chi connectivity index (χ0) is 10.6. The molecule has 0 saturated heterocycles. The Bertz CT molecular complexity index is 157. The molecule has 0 aromatic carbocycles. The Hall–Kier alpha value is -0.670. The molecule has 0 radical (unpaired) electrons. The molecular formula is C11H21NO2. The third-order valence-electron chi connectivity index (χ3n) is 1.77. The smallest absolute Gasteiger partial charge is 0.172 e. The van der Waals surface area contributed by atoms with Gasteiger partial charge in [-0.05, 0) is 6.42 Å². The zero-order valence-corrected chi connectivity index (χ0v) is 9.05. The molecule has 0 spiro atoms. The Morgan fingerprint density at radius 2 is 2.29 bits per heavy atom. The second-order valence-corrected chi connectivity index (χ2v) is 3.22. The van der Waals surface area contributed by atoms with Gasteiger partial charge in [-0.15, -0.1) is 6.58 Å². The molecule has 0 bridgehead atoms. The van der Waals surface area contributed by atoms with Crippen LogP contribution in [0.4, 0.5) is 0 Å². The van der Waals surface area contributed by atoms with Crippen LogP contribution in [0, 0.1) is 0 Å². The first kappa shape index (κ1) is 13.3. The van der Waals surface area contributed by atoms with Crippen LogP contribution in [0.5, 0.6) is 0 Å². The zero-order valence-electron chi connectivity index (χ0n) is 9.05. The summed E-state index contributed by atoms with van der Waals surface area (Å²) < 4.78 is 5.21. The summed E-state index contributed by atoms with van der Waals surface area (Å²) >= 11 is 0. The maximum atomic E-state index is 11.1.